The van der Waals surface area contributed by atoms with E-state index in [-0.39, 0.29) is 6.04 Å². The molecule has 0 amide bonds. The van der Waals surface area contributed by atoms with Crippen LogP contribution in [0.25, 0.3) is 5.69 Å². The molecule has 4 rings (SSSR count). The van der Waals surface area contributed by atoms with Gasteiger partial charge in [-0.2, -0.15) is 4.68 Å². The molecule has 0 saturated carbocycles. The molecule has 1 aromatic carbocycles. The smallest absolute Gasteiger partial charge is 0.173 e. The first-order chi connectivity index (χ1) is 11.6. The van der Waals surface area contributed by atoms with E-state index in [1.165, 1.54) is 5.69 Å². The Bertz CT molecular complexity index is 849. The third kappa shape index (κ3) is 2.41. The first kappa shape index (κ1) is 15.0. The number of aryl methyl sites for hydroxylation is 1. The number of tetrazole rings is 1. The molecular weight excluding hydrogens is 302 g/mol. The normalized spacial score (nSPS) is 16.1. The molecule has 0 N–H and O–H groups in total. The molecule has 24 heavy (non-hydrogen) atoms. The van der Waals surface area contributed by atoms with Crippen LogP contribution in [0, 0.1) is 13.8 Å². The lowest BCUT2D eigenvalue weighted by Gasteiger charge is -2.32. The predicted octanol–water partition coefficient (Wildman–Crippen LogP) is 2.05. The van der Waals surface area contributed by atoms with Gasteiger partial charge in [0.2, 0.25) is 0 Å². The van der Waals surface area contributed by atoms with Crippen molar-refractivity contribution in [1.82, 2.24) is 34.7 Å². The molecule has 124 valence electrons. The highest BCUT2D eigenvalue weighted by Crippen LogP contribution is 2.25. The zero-order valence-electron chi connectivity index (χ0n) is 14.2. The summed E-state index contributed by atoms with van der Waals surface area (Å²) in [4.78, 5) is 7.09. The van der Waals surface area contributed by atoms with Gasteiger partial charge in [-0.15, -0.1) is 5.10 Å². The van der Waals surface area contributed by atoms with Gasteiger partial charge in [0.05, 0.1) is 24.0 Å². The third-order valence-electron chi connectivity index (χ3n) is 4.91. The SMILES string of the molecule is Cc1nc2n(c1C)CCN([C@@H](C)c1nnnn1-c1ccccc1)C2. The van der Waals surface area contributed by atoms with E-state index in [4.69, 9.17) is 4.98 Å². The number of rotatable bonds is 3. The van der Waals surface area contributed by atoms with E-state index in [2.05, 4.69) is 45.8 Å². The van der Waals surface area contributed by atoms with Crippen LogP contribution in [0.5, 0.6) is 0 Å². The molecule has 3 aromatic rings. The minimum atomic E-state index is 0.117. The summed E-state index contributed by atoms with van der Waals surface area (Å²) in [6.07, 6.45) is 0. The molecule has 7 nitrogen and oxygen atoms in total. The maximum Gasteiger partial charge on any atom is 0.173 e. The van der Waals surface area contributed by atoms with E-state index in [0.717, 1.165) is 42.7 Å². The Hall–Kier alpha value is -2.54. The highest BCUT2D eigenvalue weighted by molar-refractivity contribution is 5.31. The molecule has 0 aliphatic carbocycles. The molecular formula is C17H21N7. The first-order valence-electron chi connectivity index (χ1n) is 8.25. The molecule has 0 bridgehead atoms. The first-order valence-corrected chi connectivity index (χ1v) is 8.25. The van der Waals surface area contributed by atoms with Gasteiger partial charge in [-0.3, -0.25) is 4.90 Å². The summed E-state index contributed by atoms with van der Waals surface area (Å²) in [7, 11) is 0. The molecule has 0 unspecified atom stereocenters. The van der Waals surface area contributed by atoms with E-state index in [0.29, 0.717) is 0 Å². The fraction of sp³-hybridized carbons (Fsp3) is 0.412. The van der Waals surface area contributed by atoms with Gasteiger partial charge in [-0.25, -0.2) is 4.98 Å². The van der Waals surface area contributed by atoms with Crippen LogP contribution in [-0.4, -0.2) is 41.2 Å². The molecule has 0 saturated heterocycles. The average Bonchev–Trinajstić information content (AvgIpc) is 3.20. The van der Waals surface area contributed by atoms with Crippen molar-refractivity contribution >= 4 is 0 Å². The number of aromatic nitrogens is 6. The summed E-state index contributed by atoms with van der Waals surface area (Å²) < 4.78 is 4.14. The zero-order valence-corrected chi connectivity index (χ0v) is 14.2. The van der Waals surface area contributed by atoms with Crippen LogP contribution < -0.4 is 0 Å². The van der Waals surface area contributed by atoms with E-state index in [1.807, 2.05) is 35.0 Å². The molecule has 0 spiro atoms. The molecule has 3 heterocycles. The molecule has 1 aliphatic heterocycles. The summed E-state index contributed by atoms with van der Waals surface area (Å²) in [5, 5.41) is 12.3. The summed E-state index contributed by atoms with van der Waals surface area (Å²) in [5.41, 5.74) is 3.37. The summed E-state index contributed by atoms with van der Waals surface area (Å²) in [5.74, 6) is 1.98. The number of imidazole rings is 1. The quantitative estimate of drug-likeness (QED) is 0.738. The molecule has 2 aromatic heterocycles. The van der Waals surface area contributed by atoms with E-state index >= 15 is 0 Å². The van der Waals surface area contributed by atoms with Gasteiger partial charge in [-0.05, 0) is 43.3 Å². The molecule has 0 fully saturated rings. The summed E-state index contributed by atoms with van der Waals surface area (Å²) in [6, 6.07) is 10.1. The number of fused-ring (bicyclic) bond motifs is 1. The van der Waals surface area contributed by atoms with Crippen molar-refractivity contribution in [2.24, 2.45) is 0 Å². The number of para-hydroxylation sites is 1. The predicted molar refractivity (Wildman–Crippen MR) is 89.7 cm³/mol. The van der Waals surface area contributed by atoms with E-state index in [1.54, 1.807) is 0 Å². The fourth-order valence-electron chi connectivity index (χ4n) is 3.33. The Balaban J connectivity index is 1.62. The standard InChI is InChI=1S/C17H21N7/c1-12-13(2)23-10-9-22(11-16(23)18-12)14(3)17-19-20-21-24(17)15-7-5-4-6-8-15/h4-8,14H,9-11H2,1-3H3/t14-/m0/s1. The van der Waals surface area contributed by atoms with Crippen molar-refractivity contribution in [2.45, 2.75) is 39.9 Å². The second-order valence-electron chi connectivity index (χ2n) is 6.28. The highest BCUT2D eigenvalue weighted by atomic mass is 15.6. The minimum absolute atomic E-state index is 0.117. The van der Waals surface area contributed by atoms with Gasteiger partial charge < -0.3 is 4.57 Å². The summed E-state index contributed by atoms with van der Waals surface area (Å²) >= 11 is 0. The Morgan fingerprint density at radius 3 is 2.67 bits per heavy atom. The monoisotopic (exact) mass is 323 g/mol. The van der Waals surface area contributed by atoms with Crippen LogP contribution in [0.1, 0.15) is 36.0 Å². The van der Waals surface area contributed by atoms with Gasteiger partial charge >= 0.3 is 0 Å². The molecule has 0 radical (unpaired) electrons. The van der Waals surface area contributed by atoms with Gasteiger partial charge in [0, 0.05) is 18.8 Å². The van der Waals surface area contributed by atoms with Crippen LogP contribution in [0.2, 0.25) is 0 Å². The number of nitrogens with zero attached hydrogens (tertiary/aromatic N) is 7. The van der Waals surface area contributed by atoms with Crippen molar-refractivity contribution in [3.63, 3.8) is 0 Å². The number of hydrogen-bond acceptors (Lipinski definition) is 5. The number of hydrogen-bond donors (Lipinski definition) is 0. The fourth-order valence-corrected chi connectivity index (χ4v) is 3.33. The third-order valence-corrected chi connectivity index (χ3v) is 4.91. The average molecular weight is 323 g/mol. The van der Waals surface area contributed by atoms with Crippen molar-refractivity contribution < 1.29 is 0 Å². The van der Waals surface area contributed by atoms with Gasteiger partial charge in [0.1, 0.15) is 5.82 Å². The van der Waals surface area contributed by atoms with Gasteiger partial charge in [-0.1, -0.05) is 18.2 Å². The lowest BCUT2D eigenvalue weighted by molar-refractivity contribution is 0.155. The second-order valence-corrected chi connectivity index (χ2v) is 6.28. The minimum Gasteiger partial charge on any atom is -0.330 e. The van der Waals surface area contributed by atoms with Crippen molar-refractivity contribution in [1.29, 1.82) is 0 Å². The topological polar surface area (TPSA) is 64.7 Å². The molecule has 1 aliphatic rings. The van der Waals surface area contributed by atoms with E-state index < -0.39 is 0 Å². The van der Waals surface area contributed by atoms with Gasteiger partial charge in [0.15, 0.2) is 5.82 Å². The molecule has 1 atom stereocenters. The Kier molecular flexibility index (Phi) is 3.65. The van der Waals surface area contributed by atoms with Crippen LogP contribution in [-0.2, 0) is 13.1 Å². The van der Waals surface area contributed by atoms with Crippen LogP contribution >= 0.6 is 0 Å². The Morgan fingerprint density at radius 2 is 1.88 bits per heavy atom. The van der Waals surface area contributed by atoms with Crippen LogP contribution in [0.4, 0.5) is 0 Å². The summed E-state index contributed by atoms with van der Waals surface area (Å²) in [6.45, 7) is 9.11. The lowest BCUT2D eigenvalue weighted by atomic mass is 10.2. The van der Waals surface area contributed by atoms with Crippen molar-refractivity contribution in [3.8, 4) is 5.69 Å². The van der Waals surface area contributed by atoms with Gasteiger partial charge in [0.25, 0.3) is 0 Å². The maximum absolute atomic E-state index is 4.71. The largest absolute Gasteiger partial charge is 0.330 e. The lowest BCUT2D eigenvalue weighted by Crippen LogP contribution is -2.37. The van der Waals surface area contributed by atoms with Crippen molar-refractivity contribution in [2.75, 3.05) is 6.54 Å². The Labute approximate surface area is 140 Å². The number of benzene rings is 1. The van der Waals surface area contributed by atoms with Crippen LogP contribution in [0.3, 0.4) is 0 Å². The second kappa shape index (κ2) is 5.83. The van der Waals surface area contributed by atoms with E-state index in [9.17, 15) is 0 Å². The zero-order chi connectivity index (χ0) is 16.7. The van der Waals surface area contributed by atoms with Crippen LogP contribution in [0.15, 0.2) is 30.3 Å². The maximum atomic E-state index is 4.71. The molecule has 7 heteroatoms. The Morgan fingerprint density at radius 1 is 1.08 bits per heavy atom. The highest BCUT2D eigenvalue weighted by Gasteiger charge is 2.27. The van der Waals surface area contributed by atoms with Crippen molar-refractivity contribution in [3.05, 3.63) is 53.4 Å².